The number of benzene rings is 1. The number of aromatic nitrogens is 1. The summed E-state index contributed by atoms with van der Waals surface area (Å²) in [5.41, 5.74) is 1.27. The van der Waals surface area contributed by atoms with Crippen LogP contribution in [0, 0.1) is 6.92 Å². The third-order valence-corrected chi connectivity index (χ3v) is 2.47. The number of halogens is 3. The van der Waals surface area contributed by atoms with Crippen molar-refractivity contribution in [2.75, 3.05) is 0 Å². The molecule has 2 rings (SSSR count). The summed E-state index contributed by atoms with van der Waals surface area (Å²) < 4.78 is 37.7. The standard InChI is InChI=1S/C13H10F3N/c1-9-4-3-7-17-12(9)10-5-2-6-11(8-10)13(14,15)16/h2-8H,1H3. The highest BCUT2D eigenvalue weighted by molar-refractivity contribution is 5.63. The first-order valence-electron chi connectivity index (χ1n) is 5.08. The number of hydrogen-bond acceptors (Lipinski definition) is 1. The predicted molar refractivity (Wildman–Crippen MR) is 59.4 cm³/mol. The minimum atomic E-state index is -4.32. The van der Waals surface area contributed by atoms with Gasteiger partial charge < -0.3 is 0 Å². The molecule has 1 aromatic carbocycles. The summed E-state index contributed by atoms with van der Waals surface area (Å²) in [6.07, 6.45) is -2.75. The van der Waals surface area contributed by atoms with E-state index in [0.29, 0.717) is 11.3 Å². The smallest absolute Gasteiger partial charge is 0.256 e. The van der Waals surface area contributed by atoms with Gasteiger partial charge in [-0.2, -0.15) is 13.2 Å². The van der Waals surface area contributed by atoms with Crippen molar-refractivity contribution >= 4 is 0 Å². The van der Waals surface area contributed by atoms with Gasteiger partial charge in [-0.1, -0.05) is 18.2 Å². The molecule has 0 radical (unpaired) electrons. The first kappa shape index (κ1) is 11.6. The van der Waals surface area contributed by atoms with Gasteiger partial charge in [0.1, 0.15) is 0 Å². The number of pyridine rings is 1. The maximum Gasteiger partial charge on any atom is 0.416 e. The molecule has 2 aromatic rings. The Morgan fingerprint density at radius 2 is 1.82 bits per heavy atom. The molecule has 1 nitrogen and oxygen atoms in total. The summed E-state index contributed by atoms with van der Waals surface area (Å²) >= 11 is 0. The van der Waals surface area contributed by atoms with Gasteiger partial charge in [0.05, 0.1) is 11.3 Å². The molecule has 0 fully saturated rings. The van der Waals surface area contributed by atoms with Gasteiger partial charge in [0, 0.05) is 11.8 Å². The fourth-order valence-corrected chi connectivity index (χ4v) is 1.63. The normalized spacial score (nSPS) is 11.5. The molecular weight excluding hydrogens is 227 g/mol. The lowest BCUT2D eigenvalue weighted by molar-refractivity contribution is -0.137. The molecule has 1 heterocycles. The molecule has 17 heavy (non-hydrogen) atoms. The minimum absolute atomic E-state index is 0.484. The number of rotatable bonds is 1. The minimum Gasteiger partial charge on any atom is -0.256 e. The van der Waals surface area contributed by atoms with Crippen molar-refractivity contribution in [3.8, 4) is 11.3 Å². The van der Waals surface area contributed by atoms with Gasteiger partial charge in [-0.05, 0) is 30.7 Å². The van der Waals surface area contributed by atoms with E-state index in [0.717, 1.165) is 17.7 Å². The van der Waals surface area contributed by atoms with Crippen molar-refractivity contribution in [2.45, 2.75) is 13.1 Å². The van der Waals surface area contributed by atoms with E-state index in [9.17, 15) is 13.2 Å². The molecule has 1 aromatic heterocycles. The average molecular weight is 237 g/mol. The Balaban J connectivity index is 2.51. The summed E-state index contributed by atoms with van der Waals surface area (Å²) in [4.78, 5) is 4.10. The summed E-state index contributed by atoms with van der Waals surface area (Å²) in [5.74, 6) is 0. The van der Waals surface area contributed by atoms with Crippen molar-refractivity contribution in [3.63, 3.8) is 0 Å². The lowest BCUT2D eigenvalue weighted by atomic mass is 10.0. The molecule has 0 aliphatic rings. The van der Waals surface area contributed by atoms with Crippen LogP contribution in [0.5, 0.6) is 0 Å². The molecule has 0 aliphatic heterocycles. The van der Waals surface area contributed by atoms with Gasteiger partial charge in [0.15, 0.2) is 0 Å². The Morgan fingerprint density at radius 3 is 2.47 bits per heavy atom. The highest BCUT2D eigenvalue weighted by Gasteiger charge is 2.30. The van der Waals surface area contributed by atoms with Crippen molar-refractivity contribution in [1.82, 2.24) is 4.98 Å². The Morgan fingerprint density at radius 1 is 1.06 bits per heavy atom. The quantitative estimate of drug-likeness (QED) is 0.728. The van der Waals surface area contributed by atoms with Crippen LogP contribution in [0.4, 0.5) is 13.2 Å². The summed E-state index contributed by atoms with van der Waals surface area (Å²) in [6, 6.07) is 8.78. The van der Waals surface area contributed by atoms with E-state index in [2.05, 4.69) is 4.98 Å². The highest BCUT2D eigenvalue weighted by Crippen LogP contribution is 2.32. The fraction of sp³-hybridized carbons (Fsp3) is 0.154. The lowest BCUT2D eigenvalue weighted by Crippen LogP contribution is -2.04. The zero-order chi connectivity index (χ0) is 12.5. The van der Waals surface area contributed by atoms with E-state index >= 15 is 0 Å². The molecule has 0 saturated heterocycles. The second-order valence-corrected chi connectivity index (χ2v) is 3.75. The summed E-state index contributed by atoms with van der Waals surface area (Å²) in [7, 11) is 0. The number of nitrogens with zero attached hydrogens (tertiary/aromatic N) is 1. The molecule has 0 N–H and O–H groups in total. The molecular formula is C13H10F3N. The number of hydrogen-bond donors (Lipinski definition) is 0. The molecule has 0 saturated carbocycles. The summed E-state index contributed by atoms with van der Waals surface area (Å²) in [6.45, 7) is 1.82. The predicted octanol–water partition coefficient (Wildman–Crippen LogP) is 4.08. The molecule has 0 bridgehead atoms. The molecule has 0 amide bonds. The maximum atomic E-state index is 12.6. The van der Waals surface area contributed by atoms with Crippen molar-refractivity contribution in [1.29, 1.82) is 0 Å². The van der Waals surface area contributed by atoms with Crippen LogP contribution in [0.2, 0.25) is 0 Å². The van der Waals surface area contributed by atoms with Crippen LogP contribution in [0.3, 0.4) is 0 Å². The van der Waals surface area contributed by atoms with Gasteiger partial charge in [-0.25, -0.2) is 0 Å². The lowest BCUT2D eigenvalue weighted by Gasteiger charge is -2.09. The Bertz CT molecular complexity index is 532. The van der Waals surface area contributed by atoms with E-state index in [1.54, 1.807) is 18.3 Å². The van der Waals surface area contributed by atoms with Gasteiger partial charge >= 0.3 is 6.18 Å². The Hall–Kier alpha value is -1.84. The van der Waals surface area contributed by atoms with Crippen molar-refractivity contribution in [3.05, 3.63) is 53.7 Å². The zero-order valence-corrected chi connectivity index (χ0v) is 9.12. The van der Waals surface area contributed by atoms with Crippen LogP contribution in [0.25, 0.3) is 11.3 Å². The van der Waals surface area contributed by atoms with E-state index in [1.165, 1.54) is 6.07 Å². The van der Waals surface area contributed by atoms with Crippen molar-refractivity contribution in [2.24, 2.45) is 0 Å². The molecule has 0 spiro atoms. The molecule has 4 heteroatoms. The number of alkyl halides is 3. The molecule has 88 valence electrons. The van der Waals surface area contributed by atoms with Crippen LogP contribution >= 0.6 is 0 Å². The van der Waals surface area contributed by atoms with E-state index in [4.69, 9.17) is 0 Å². The third kappa shape index (κ3) is 2.46. The van der Waals surface area contributed by atoms with Crippen LogP contribution in [-0.2, 0) is 6.18 Å². The van der Waals surface area contributed by atoms with Crippen molar-refractivity contribution < 1.29 is 13.2 Å². The van der Waals surface area contributed by atoms with E-state index in [1.807, 2.05) is 13.0 Å². The SMILES string of the molecule is Cc1cccnc1-c1cccc(C(F)(F)F)c1. The van der Waals surface area contributed by atoms with E-state index in [-0.39, 0.29) is 0 Å². The second-order valence-electron chi connectivity index (χ2n) is 3.75. The molecule has 0 atom stereocenters. The Kier molecular flexibility index (Phi) is 2.88. The van der Waals surface area contributed by atoms with Crippen LogP contribution in [-0.4, -0.2) is 4.98 Å². The van der Waals surface area contributed by atoms with Gasteiger partial charge in [0.2, 0.25) is 0 Å². The maximum absolute atomic E-state index is 12.6. The number of aryl methyl sites for hydroxylation is 1. The fourth-order valence-electron chi connectivity index (χ4n) is 1.63. The molecule has 0 aliphatic carbocycles. The van der Waals surface area contributed by atoms with Crippen LogP contribution in [0.1, 0.15) is 11.1 Å². The summed E-state index contributed by atoms with van der Waals surface area (Å²) in [5, 5.41) is 0. The topological polar surface area (TPSA) is 12.9 Å². The van der Waals surface area contributed by atoms with E-state index < -0.39 is 11.7 Å². The monoisotopic (exact) mass is 237 g/mol. The largest absolute Gasteiger partial charge is 0.416 e. The molecule has 0 unspecified atom stereocenters. The van der Waals surface area contributed by atoms with Gasteiger partial charge in [-0.3, -0.25) is 4.98 Å². The van der Waals surface area contributed by atoms with Crippen LogP contribution in [0.15, 0.2) is 42.6 Å². The van der Waals surface area contributed by atoms with Gasteiger partial charge in [0.25, 0.3) is 0 Å². The first-order chi connectivity index (χ1) is 7.98. The van der Waals surface area contributed by atoms with Gasteiger partial charge in [-0.15, -0.1) is 0 Å². The first-order valence-corrected chi connectivity index (χ1v) is 5.08. The highest BCUT2D eigenvalue weighted by atomic mass is 19.4. The zero-order valence-electron chi connectivity index (χ0n) is 9.12. The van der Waals surface area contributed by atoms with Crippen LogP contribution < -0.4 is 0 Å². The Labute approximate surface area is 96.9 Å². The average Bonchev–Trinajstić information content (AvgIpc) is 2.29. The second kappa shape index (κ2) is 4.20. The third-order valence-electron chi connectivity index (χ3n) is 2.47.